The molecule has 2 heterocycles. The molecule has 1 aromatic carbocycles. The van der Waals surface area contributed by atoms with Crippen molar-refractivity contribution in [2.75, 3.05) is 0 Å². The molecule has 0 aliphatic heterocycles. The summed E-state index contributed by atoms with van der Waals surface area (Å²) in [5.74, 6) is 0.655. The van der Waals surface area contributed by atoms with E-state index in [1.54, 1.807) is 17.4 Å². The van der Waals surface area contributed by atoms with Crippen molar-refractivity contribution in [3.63, 3.8) is 0 Å². The normalized spacial score (nSPS) is 10.6. The van der Waals surface area contributed by atoms with Crippen molar-refractivity contribution in [1.29, 1.82) is 0 Å². The van der Waals surface area contributed by atoms with E-state index in [1.165, 1.54) is 0 Å². The molecule has 3 rings (SSSR count). The zero-order valence-corrected chi connectivity index (χ0v) is 12.8. The molecule has 0 N–H and O–H groups in total. The third-order valence-corrected chi connectivity index (χ3v) is 4.37. The van der Waals surface area contributed by atoms with Gasteiger partial charge in [-0.15, -0.1) is 11.3 Å². The van der Waals surface area contributed by atoms with E-state index in [0.717, 1.165) is 19.9 Å². The maximum absolute atomic E-state index is 6.10. The van der Waals surface area contributed by atoms with Crippen LogP contribution in [-0.2, 0) is 0 Å². The van der Waals surface area contributed by atoms with Crippen LogP contribution >= 0.6 is 38.9 Å². The van der Waals surface area contributed by atoms with E-state index in [9.17, 15) is 0 Å². The van der Waals surface area contributed by atoms with Crippen LogP contribution in [0.15, 0.2) is 52.3 Å². The van der Waals surface area contributed by atoms with Crippen LogP contribution in [0.1, 0.15) is 0 Å². The molecular weight excluding hydrogens is 344 g/mol. The molecule has 0 saturated heterocycles. The Hall–Kier alpha value is -1.23. The fourth-order valence-corrected chi connectivity index (χ4v) is 3.22. The molecule has 94 valence electrons. The molecule has 0 aliphatic carbocycles. The first-order valence-electron chi connectivity index (χ1n) is 5.58. The lowest BCUT2D eigenvalue weighted by atomic mass is 10.1. The number of hydrogen-bond donors (Lipinski definition) is 0. The van der Waals surface area contributed by atoms with Gasteiger partial charge in [0.1, 0.15) is 5.15 Å². The van der Waals surface area contributed by atoms with Crippen LogP contribution in [0, 0.1) is 0 Å². The third-order valence-electron chi connectivity index (χ3n) is 2.56. The van der Waals surface area contributed by atoms with Gasteiger partial charge in [0.15, 0.2) is 5.82 Å². The zero-order valence-electron chi connectivity index (χ0n) is 9.68. The lowest BCUT2D eigenvalue weighted by Gasteiger charge is -2.03. The fraction of sp³-hybridized carbons (Fsp3) is 0. The number of thiophene rings is 1. The molecule has 0 radical (unpaired) electrons. The molecule has 0 amide bonds. The summed E-state index contributed by atoms with van der Waals surface area (Å²) in [7, 11) is 0. The van der Waals surface area contributed by atoms with Crippen LogP contribution in [-0.4, -0.2) is 9.97 Å². The average molecular weight is 352 g/mol. The minimum Gasteiger partial charge on any atom is -0.227 e. The molecule has 5 heteroatoms. The Morgan fingerprint density at radius 2 is 1.79 bits per heavy atom. The third kappa shape index (κ3) is 2.86. The summed E-state index contributed by atoms with van der Waals surface area (Å²) in [6.07, 6.45) is 0. The average Bonchev–Trinajstić information content (AvgIpc) is 2.86. The van der Waals surface area contributed by atoms with Crippen LogP contribution < -0.4 is 0 Å². The van der Waals surface area contributed by atoms with Gasteiger partial charge in [-0.2, -0.15) is 0 Å². The van der Waals surface area contributed by atoms with E-state index in [0.29, 0.717) is 11.0 Å². The molecule has 0 saturated carbocycles. The van der Waals surface area contributed by atoms with Crippen molar-refractivity contribution in [3.8, 4) is 22.0 Å². The topological polar surface area (TPSA) is 25.8 Å². The summed E-state index contributed by atoms with van der Waals surface area (Å²) in [4.78, 5) is 9.86. The van der Waals surface area contributed by atoms with Gasteiger partial charge in [-0.25, -0.2) is 9.97 Å². The monoisotopic (exact) mass is 350 g/mol. The Bertz CT molecular complexity index is 712. The summed E-state index contributed by atoms with van der Waals surface area (Å²) in [6, 6.07) is 15.7. The zero-order chi connectivity index (χ0) is 13.2. The Labute approximate surface area is 128 Å². The number of benzene rings is 1. The van der Waals surface area contributed by atoms with Crippen molar-refractivity contribution in [3.05, 3.63) is 57.5 Å². The number of hydrogen-bond acceptors (Lipinski definition) is 3. The van der Waals surface area contributed by atoms with Crippen molar-refractivity contribution in [1.82, 2.24) is 9.97 Å². The van der Waals surface area contributed by atoms with E-state index >= 15 is 0 Å². The standard InChI is InChI=1S/C14H8BrClN2S/c15-12-7-6-11(19-12)14-17-10(8-13(16)18-14)9-4-2-1-3-5-9/h1-8H. The van der Waals surface area contributed by atoms with Crippen LogP contribution in [0.3, 0.4) is 0 Å². The van der Waals surface area contributed by atoms with Crippen LogP contribution in [0.4, 0.5) is 0 Å². The van der Waals surface area contributed by atoms with E-state index < -0.39 is 0 Å². The minimum atomic E-state index is 0.452. The predicted octanol–water partition coefficient (Wildman–Crippen LogP) is 5.29. The van der Waals surface area contributed by atoms with Crippen molar-refractivity contribution < 1.29 is 0 Å². The molecule has 0 atom stereocenters. The van der Waals surface area contributed by atoms with Gasteiger partial charge in [-0.3, -0.25) is 0 Å². The number of halogens is 2. The van der Waals surface area contributed by atoms with Gasteiger partial charge in [0.25, 0.3) is 0 Å². The fourth-order valence-electron chi connectivity index (χ4n) is 1.72. The molecule has 2 nitrogen and oxygen atoms in total. The minimum absolute atomic E-state index is 0.452. The van der Waals surface area contributed by atoms with Crippen LogP contribution in [0.2, 0.25) is 5.15 Å². The highest BCUT2D eigenvalue weighted by Crippen LogP contribution is 2.31. The predicted molar refractivity (Wildman–Crippen MR) is 83.5 cm³/mol. The number of nitrogens with zero attached hydrogens (tertiary/aromatic N) is 2. The summed E-state index contributed by atoms with van der Waals surface area (Å²) >= 11 is 11.1. The summed E-state index contributed by atoms with van der Waals surface area (Å²) in [5.41, 5.74) is 1.86. The quantitative estimate of drug-likeness (QED) is 0.586. The van der Waals surface area contributed by atoms with Gasteiger partial charge < -0.3 is 0 Å². The highest BCUT2D eigenvalue weighted by Gasteiger charge is 2.09. The first-order valence-corrected chi connectivity index (χ1v) is 7.57. The maximum Gasteiger partial charge on any atom is 0.171 e. The maximum atomic E-state index is 6.10. The number of rotatable bonds is 2. The molecule has 2 aromatic heterocycles. The highest BCUT2D eigenvalue weighted by atomic mass is 79.9. The van der Waals surface area contributed by atoms with Gasteiger partial charge in [0, 0.05) is 11.6 Å². The molecule has 0 fully saturated rings. The number of aromatic nitrogens is 2. The van der Waals surface area contributed by atoms with Crippen molar-refractivity contribution in [2.45, 2.75) is 0 Å². The Kier molecular flexibility index (Phi) is 3.64. The molecule has 0 spiro atoms. The van der Waals surface area contributed by atoms with E-state index in [-0.39, 0.29) is 0 Å². The summed E-state index contributed by atoms with van der Waals surface area (Å²) < 4.78 is 1.05. The molecule has 0 bridgehead atoms. The highest BCUT2D eigenvalue weighted by molar-refractivity contribution is 9.11. The summed E-state index contributed by atoms with van der Waals surface area (Å²) in [6.45, 7) is 0. The lowest BCUT2D eigenvalue weighted by Crippen LogP contribution is -1.91. The van der Waals surface area contributed by atoms with E-state index in [4.69, 9.17) is 11.6 Å². The second kappa shape index (κ2) is 5.41. The molecule has 19 heavy (non-hydrogen) atoms. The van der Waals surface area contributed by atoms with E-state index in [2.05, 4.69) is 25.9 Å². The summed E-state index contributed by atoms with van der Waals surface area (Å²) in [5, 5.41) is 0.452. The Balaban J connectivity index is 2.11. The Morgan fingerprint density at radius 3 is 2.47 bits per heavy atom. The van der Waals surface area contributed by atoms with Crippen molar-refractivity contribution in [2.24, 2.45) is 0 Å². The van der Waals surface area contributed by atoms with Crippen LogP contribution in [0.5, 0.6) is 0 Å². The Morgan fingerprint density at radius 1 is 1.00 bits per heavy atom. The SMILES string of the molecule is Clc1cc(-c2ccccc2)nc(-c2ccc(Br)s2)n1. The van der Waals surface area contributed by atoms with Gasteiger partial charge >= 0.3 is 0 Å². The molecule has 0 unspecified atom stereocenters. The van der Waals surface area contributed by atoms with E-state index in [1.807, 2.05) is 42.5 Å². The van der Waals surface area contributed by atoms with Gasteiger partial charge in [0.2, 0.25) is 0 Å². The molecule has 0 aliphatic rings. The lowest BCUT2D eigenvalue weighted by molar-refractivity contribution is 1.19. The van der Waals surface area contributed by atoms with Gasteiger partial charge in [0.05, 0.1) is 14.4 Å². The van der Waals surface area contributed by atoms with Crippen molar-refractivity contribution >= 4 is 38.9 Å². The molecule has 3 aromatic rings. The molecular formula is C14H8BrClN2S. The second-order valence-electron chi connectivity index (χ2n) is 3.87. The smallest absolute Gasteiger partial charge is 0.171 e. The van der Waals surface area contributed by atoms with Gasteiger partial charge in [-0.1, -0.05) is 41.9 Å². The largest absolute Gasteiger partial charge is 0.227 e. The van der Waals surface area contributed by atoms with Gasteiger partial charge in [-0.05, 0) is 28.1 Å². The first-order chi connectivity index (χ1) is 9.22. The second-order valence-corrected chi connectivity index (χ2v) is 6.72. The van der Waals surface area contributed by atoms with Crippen LogP contribution in [0.25, 0.3) is 22.0 Å². The first kappa shape index (κ1) is 12.8.